The van der Waals surface area contributed by atoms with Crippen molar-refractivity contribution in [1.82, 2.24) is 10.2 Å². The highest BCUT2D eigenvalue weighted by Crippen LogP contribution is 2.38. The number of carbonyl (C=O) groups is 1. The van der Waals surface area contributed by atoms with Crippen LogP contribution in [0, 0.1) is 0 Å². The first kappa shape index (κ1) is 12.7. The van der Waals surface area contributed by atoms with Crippen LogP contribution in [0.1, 0.15) is 37.8 Å². The molecule has 0 aromatic heterocycles. The molecule has 2 aliphatic rings. The highest BCUT2D eigenvalue weighted by atomic mass is 16.2. The molecule has 0 bridgehead atoms. The first-order valence-corrected chi connectivity index (χ1v) is 7.12. The number of likely N-dealkylation sites (N-methyl/N-ethyl adjacent to an activating group) is 1. The Kier molecular flexibility index (Phi) is 2.90. The Hall–Kier alpha value is -1.35. The summed E-state index contributed by atoms with van der Waals surface area (Å²) in [5.41, 5.74) is 2.42. The summed E-state index contributed by atoms with van der Waals surface area (Å²) in [7, 11) is 1.89. The number of rotatable bonds is 2. The molecule has 0 spiro atoms. The predicted molar refractivity (Wildman–Crippen MR) is 75.9 cm³/mol. The third-order valence-corrected chi connectivity index (χ3v) is 4.58. The van der Waals surface area contributed by atoms with Gasteiger partial charge < -0.3 is 10.2 Å². The third-order valence-electron chi connectivity index (χ3n) is 4.58. The Morgan fingerprint density at radius 1 is 1.26 bits per heavy atom. The molecule has 1 aliphatic heterocycles. The van der Waals surface area contributed by atoms with Crippen LogP contribution in [0.2, 0.25) is 0 Å². The Balaban J connectivity index is 2.11. The summed E-state index contributed by atoms with van der Waals surface area (Å²) >= 11 is 0. The molecule has 3 rings (SSSR count). The van der Waals surface area contributed by atoms with Crippen molar-refractivity contribution in [3.63, 3.8) is 0 Å². The summed E-state index contributed by atoms with van der Waals surface area (Å²) in [6.45, 7) is 5.10. The van der Waals surface area contributed by atoms with Crippen molar-refractivity contribution in [2.24, 2.45) is 0 Å². The molecule has 1 heterocycles. The summed E-state index contributed by atoms with van der Waals surface area (Å²) in [4.78, 5) is 14.9. The largest absolute Gasteiger partial charge is 0.334 e. The van der Waals surface area contributed by atoms with Crippen LogP contribution in [0.5, 0.6) is 0 Å². The minimum Gasteiger partial charge on any atom is -0.334 e. The lowest BCUT2D eigenvalue weighted by atomic mass is 9.76. The van der Waals surface area contributed by atoms with Gasteiger partial charge in [0.25, 0.3) is 0 Å². The number of carbonyl (C=O) groups excluding carboxylic acids is 1. The van der Waals surface area contributed by atoms with Gasteiger partial charge in [0.15, 0.2) is 0 Å². The molecule has 1 aromatic carbocycles. The number of nitrogens with zero attached hydrogens (tertiary/aromatic N) is 1. The maximum Gasteiger partial charge on any atom is 0.241 e. The molecule has 1 fully saturated rings. The Labute approximate surface area is 115 Å². The highest BCUT2D eigenvalue weighted by molar-refractivity contribution is 5.85. The van der Waals surface area contributed by atoms with E-state index in [9.17, 15) is 4.79 Å². The van der Waals surface area contributed by atoms with Crippen LogP contribution in [0.25, 0.3) is 0 Å². The van der Waals surface area contributed by atoms with E-state index in [1.54, 1.807) is 0 Å². The van der Waals surface area contributed by atoms with Crippen LogP contribution in [-0.2, 0) is 16.8 Å². The molecule has 1 N–H and O–H groups in total. The summed E-state index contributed by atoms with van der Waals surface area (Å²) in [6, 6.07) is 8.80. The topological polar surface area (TPSA) is 32.3 Å². The van der Waals surface area contributed by atoms with E-state index < -0.39 is 0 Å². The van der Waals surface area contributed by atoms with E-state index in [-0.39, 0.29) is 17.4 Å². The first-order valence-electron chi connectivity index (χ1n) is 7.12. The highest BCUT2D eigenvalue weighted by Gasteiger charge is 2.45. The van der Waals surface area contributed by atoms with E-state index in [0.717, 1.165) is 19.4 Å². The second-order valence-electron chi connectivity index (χ2n) is 6.30. The van der Waals surface area contributed by atoms with E-state index in [0.29, 0.717) is 6.04 Å². The fourth-order valence-electron chi connectivity index (χ4n) is 3.36. The van der Waals surface area contributed by atoms with E-state index in [4.69, 9.17) is 0 Å². The SMILES string of the molecule is CNC1C(=O)N(C2CC2)Cc2ccccc2C1(C)C. The van der Waals surface area contributed by atoms with Crippen LogP contribution < -0.4 is 5.32 Å². The van der Waals surface area contributed by atoms with Crippen molar-refractivity contribution < 1.29 is 4.79 Å². The van der Waals surface area contributed by atoms with E-state index >= 15 is 0 Å². The molecule has 1 saturated carbocycles. The Morgan fingerprint density at radius 3 is 2.58 bits per heavy atom. The Morgan fingerprint density at radius 2 is 1.95 bits per heavy atom. The molecule has 0 saturated heterocycles. The number of hydrogen-bond acceptors (Lipinski definition) is 2. The van der Waals surface area contributed by atoms with Gasteiger partial charge in [0.1, 0.15) is 0 Å². The van der Waals surface area contributed by atoms with Crippen molar-refractivity contribution in [3.05, 3.63) is 35.4 Å². The molecule has 102 valence electrons. The summed E-state index contributed by atoms with van der Waals surface area (Å²) in [6.07, 6.45) is 2.32. The molecule has 1 aliphatic carbocycles. The smallest absolute Gasteiger partial charge is 0.241 e. The third kappa shape index (κ3) is 1.96. The van der Waals surface area contributed by atoms with E-state index in [1.165, 1.54) is 11.1 Å². The summed E-state index contributed by atoms with van der Waals surface area (Å²) in [5.74, 6) is 0.256. The number of benzene rings is 1. The normalized spacial score (nSPS) is 25.9. The van der Waals surface area contributed by atoms with Gasteiger partial charge in [0.2, 0.25) is 5.91 Å². The monoisotopic (exact) mass is 258 g/mol. The lowest BCUT2D eigenvalue weighted by Crippen LogP contribution is -2.53. The molecular weight excluding hydrogens is 236 g/mol. The van der Waals surface area contributed by atoms with Gasteiger partial charge in [-0.25, -0.2) is 0 Å². The lowest BCUT2D eigenvalue weighted by Gasteiger charge is -2.33. The quantitative estimate of drug-likeness (QED) is 0.880. The van der Waals surface area contributed by atoms with Crippen LogP contribution in [0.3, 0.4) is 0 Å². The molecule has 3 heteroatoms. The molecular formula is C16H22N2O. The minimum absolute atomic E-state index is 0.142. The molecule has 19 heavy (non-hydrogen) atoms. The fourth-order valence-corrected chi connectivity index (χ4v) is 3.36. The minimum atomic E-state index is -0.175. The molecule has 1 aromatic rings. The van der Waals surface area contributed by atoms with Gasteiger partial charge in [-0.2, -0.15) is 0 Å². The number of amides is 1. The molecule has 1 unspecified atom stereocenters. The number of fused-ring (bicyclic) bond motifs is 1. The van der Waals surface area contributed by atoms with Gasteiger partial charge in [-0.1, -0.05) is 38.1 Å². The van der Waals surface area contributed by atoms with Gasteiger partial charge in [0, 0.05) is 18.0 Å². The zero-order chi connectivity index (χ0) is 13.6. The number of nitrogens with one attached hydrogen (secondary N) is 1. The standard InChI is InChI=1S/C16H22N2O/c1-16(2)13-7-5-4-6-11(13)10-18(12-8-9-12)15(19)14(16)17-3/h4-7,12,14,17H,8-10H2,1-3H3. The number of hydrogen-bond donors (Lipinski definition) is 1. The van der Waals surface area contributed by atoms with Crippen LogP contribution in [-0.4, -0.2) is 29.9 Å². The zero-order valence-electron chi connectivity index (χ0n) is 11.9. The average molecular weight is 258 g/mol. The maximum atomic E-state index is 12.8. The van der Waals surface area contributed by atoms with Gasteiger partial charge in [-0.05, 0) is 31.0 Å². The van der Waals surface area contributed by atoms with Crippen molar-refractivity contribution >= 4 is 5.91 Å². The maximum absolute atomic E-state index is 12.8. The molecule has 1 atom stereocenters. The molecule has 0 radical (unpaired) electrons. The first-order chi connectivity index (χ1) is 9.05. The second kappa shape index (κ2) is 4.34. The predicted octanol–water partition coefficient (Wildman–Crippen LogP) is 2.06. The van der Waals surface area contributed by atoms with Crippen LogP contribution in [0.4, 0.5) is 0 Å². The Bertz CT molecular complexity index is 505. The average Bonchev–Trinajstić information content (AvgIpc) is 3.20. The molecule has 3 nitrogen and oxygen atoms in total. The van der Waals surface area contributed by atoms with Crippen molar-refractivity contribution in [3.8, 4) is 0 Å². The van der Waals surface area contributed by atoms with Crippen LogP contribution >= 0.6 is 0 Å². The molecule has 1 amide bonds. The second-order valence-corrected chi connectivity index (χ2v) is 6.30. The van der Waals surface area contributed by atoms with Crippen molar-refractivity contribution in [1.29, 1.82) is 0 Å². The van der Waals surface area contributed by atoms with Crippen molar-refractivity contribution in [2.75, 3.05) is 7.05 Å². The van der Waals surface area contributed by atoms with Gasteiger partial charge >= 0.3 is 0 Å². The van der Waals surface area contributed by atoms with Gasteiger partial charge in [-0.15, -0.1) is 0 Å². The summed E-state index contributed by atoms with van der Waals surface area (Å²) < 4.78 is 0. The van der Waals surface area contributed by atoms with E-state index in [2.05, 4.69) is 48.3 Å². The van der Waals surface area contributed by atoms with Crippen molar-refractivity contribution in [2.45, 2.75) is 50.7 Å². The van der Waals surface area contributed by atoms with E-state index in [1.807, 2.05) is 7.05 Å². The van der Waals surface area contributed by atoms with Gasteiger partial charge in [0.05, 0.1) is 6.04 Å². The van der Waals surface area contributed by atoms with Crippen LogP contribution in [0.15, 0.2) is 24.3 Å². The lowest BCUT2D eigenvalue weighted by molar-refractivity contribution is -0.135. The fraction of sp³-hybridized carbons (Fsp3) is 0.562. The van der Waals surface area contributed by atoms with Gasteiger partial charge in [-0.3, -0.25) is 4.79 Å². The zero-order valence-corrected chi connectivity index (χ0v) is 11.9. The summed E-state index contributed by atoms with van der Waals surface area (Å²) in [5, 5.41) is 3.25.